The van der Waals surface area contributed by atoms with Crippen molar-refractivity contribution in [1.29, 1.82) is 0 Å². The van der Waals surface area contributed by atoms with Crippen LogP contribution in [0.3, 0.4) is 0 Å². The number of hydrogen-bond donors (Lipinski definition) is 0. The number of amides is 1. The van der Waals surface area contributed by atoms with Crippen LogP contribution in [0.5, 0.6) is 0 Å². The molecule has 3 fully saturated rings. The van der Waals surface area contributed by atoms with Crippen molar-refractivity contribution in [3.05, 3.63) is 28.8 Å². The van der Waals surface area contributed by atoms with Crippen LogP contribution in [-0.4, -0.2) is 85.9 Å². The van der Waals surface area contributed by atoms with Crippen LogP contribution < -0.4 is 0 Å². The molecule has 166 valence electrons. The van der Waals surface area contributed by atoms with Crippen molar-refractivity contribution < 1.29 is 17.9 Å². The Morgan fingerprint density at radius 1 is 1.07 bits per heavy atom. The van der Waals surface area contributed by atoms with E-state index in [2.05, 4.69) is 4.90 Å². The number of sulfonamides is 1. The summed E-state index contributed by atoms with van der Waals surface area (Å²) < 4.78 is 33.6. The van der Waals surface area contributed by atoms with E-state index in [1.165, 1.54) is 29.3 Å². The summed E-state index contributed by atoms with van der Waals surface area (Å²) in [5.41, 5.74) is 0.370. The first-order chi connectivity index (χ1) is 14.3. The van der Waals surface area contributed by atoms with Gasteiger partial charge in [-0.05, 0) is 64.4 Å². The highest BCUT2D eigenvalue weighted by molar-refractivity contribution is 7.89. The maximum atomic E-state index is 13.3. The molecule has 3 aliphatic heterocycles. The van der Waals surface area contributed by atoms with E-state index in [0.29, 0.717) is 24.7 Å². The molecular weight excluding hydrogens is 426 g/mol. The molecule has 9 heteroatoms. The highest BCUT2D eigenvalue weighted by Gasteiger charge is 2.35. The van der Waals surface area contributed by atoms with E-state index in [4.69, 9.17) is 16.3 Å². The molecule has 4 rings (SSSR count). The Labute approximate surface area is 184 Å². The topological polar surface area (TPSA) is 70.2 Å². The SMILES string of the molecule is CC1CN(S(=O)(=O)c2cc(C(=O)N3CCC(N4CCCC4)C3)ccc2Cl)CC(C)O1. The number of halogens is 1. The molecule has 1 aromatic carbocycles. The molecule has 3 saturated heterocycles. The van der Waals surface area contributed by atoms with Gasteiger partial charge in [-0.1, -0.05) is 11.6 Å². The molecule has 30 heavy (non-hydrogen) atoms. The first-order valence-corrected chi connectivity index (χ1v) is 12.6. The molecule has 0 spiro atoms. The average molecular weight is 456 g/mol. The van der Waals surface area contributed by atoms with Crippen molar-refractivity contribution in [2.75, 3.05) is 39.3 Å². The third-order valence-electron chi connectivity index (χ3n) is 6.29. The first-order valence-electron chi connectivity index (χ1n) is 10.7. The molecule has 0 radical (unpaired) electrons. The number of likely N-dealkylation sites (tertiary alicyclic amines) is 2. The van der Waals surface area contributed by atoms with E-state index in [1.807, 2.05) is 18.7 Å². The first kappa shape index (κ1) is 22.0. The predicted octanol–water partition coefficient (Wildman–Crippen LogP) is 2.45. The van der Waals surface area contributed by atoms with E-state index in [1.54, 1.807) is 6.07 Å². The van der Waals surface area contributed by atoms with E-state index in [-0.39, 0.29) is 41.1 Å². The summed E-state index contributed by atoms with van der Waals surface area (Å²) in [6.45, 7) is 7.84. The largest absolute Gasteiger partial charge is 0.373 e. The highest BCUT2D eigenvalue weighted by atomic mass is 35.5. The van der Waals surface area contributed by atoms with Crippen LogP contribution in [-0.2, 0) is 14.8 Å². The smallest absolute Gasteiger partial charge is 0.253 e. The molecule has 1 aromatic rings. The van der Waals surface area contributed by atoms with Crippen LogP contribution in [0.4, 0.5) is 0 Å². The van der Waals surface area contributed by atoms with E-state index >= 15 is 0 Å². The Bertz CT molecular complexity index is 894. The van der Waals surface area contributed by atoms with Crippen LogP contribution in [0, 0.1) is 0 Å². The zero-order valence-electron chi connectivity index (χ0n) is 17.6. The molecule has 0 aromatic heterocycles. The van der Waals surface area contributed by atoms with Gasteiger partial charge in [0.05, 0.1) is 17.2 Å². The second-order valence-electron chi connectivity index (χ2n) is 8.66. The van der Waals surface area contributed by atoms with Gasteiger partial charge in [0.1, 0.15) is 4.90 Å². The molecule has 3 atom stereocenters. The minimum Gasteiger partial charge on any atom is -0.373 e. The van der Waals surface area contributed by atoms with Crippen molar-refractivity contribution in [1.82, 2.24) is 14.1 Å². The monoisotopic (exact) mass is 455 g/mol. The lowest BCUT2D eigenvalue weighted by Gasteiger charge is -2.34. The molecule has 0 bridgehead atoms. The van der Waals surface area contributed by atoms with E-state index in [9.17, 15) is 13.2 Å². The summed E-state index contributed by atoms with van der Waals surface area (Å²) in [5.74, 6) is -0.131. The summed E-state index contributed by atoms with van der Waals surface area (Å²) in [6.07, 6.45) is 3.02. The highest BCUT2D eigenvalue weighted by Crippen LogP contribution is 2.29. The summed E-state index contributed by atoms with van der Waals surface area (Å²) in [7, 11) is -3.82. The number of benzene rings is 1. The van der Waals surface area contributed by atoms with Crippen molar-refractivity contribution in [3.8, 4) is 0 Å². The molecular formula is C21H30ClN3O4S. The summed E-state index contributed by atoms with van der Waals surface area (Å²) in [5, 5.41) is 0.134. The van der Waals surface area contributed by atoms with Crippen LogP contribution in [0.25, 0.3) is 0 Å². The lowest BCUT2D eigenvalue weighted by Crippen LogP contribution is -2.48. The Morgan fingerprint density at radius 2 is 1.73 bits per heavy atom. The van der Waals surface area contributed by atoms with Crippen LogP contribution in [0.1, 0.15) is 43.5 Å². The molecule has 3 aliphatic rings. The molecule has 0 saturated carbocycles. The predicted molar refractivity (Wildman–Crippen MR) is 115 cm³/mol. The fourth-order valence-corrected chi connectivity index (χ4v) is 6.90. The lowest BCUT2D eigenvalue weighted by atomic mass is 10.2. The zero-order chi connectivity index (χ0) is 21.5. The molecule has 0 aliphatic carbocycles. The van der Waals surface area contributed by atoms with Crippen molar-refractivity contribution >= 4 is 27.5 Å². The van der Waals surface area contributed by atoms with Gasteiger partial charge >= 0.3 is 0 Å². The Hall–Kier alpha value is -1.19. The van der Waals surface area contributed by atoms with Crippen molar-refractivity contribution in [3.63, 3.8) is 0 Å². The second-order valence-corrected chi connectivity index (χ2v) is 11.0. The number of ether oxygens (including phenoxy) is 1. The van der Waals surface area contributed by atoms with Gasteiger partial charge in [0.25, 0.3) is 5.91 Å². The van der Waals surface area contributed by atoms with Crippen LogP contribution in [0.15, 0.2) is 23.1 Å². The molecule has 0 N–H and O–H groups in total. The zero-order valence-corrected chi connectivity index (χ0v) is 19.2. The number of rotatable bonds is 4. The number of morpholine rings is 1. The Balaban J connectivity index is 1.53. The van der Waals surface area contributed by atoms with Crippen molar-refractivity contribution in [2.45, 2.75) is 56.3 Å². The average Bonchev–Trinajstić information content (AvgIpc) is 3.38. The van der Waals surface area contributed by atoms with Crippen LogP contribution in [0.2, 0.25) is 5.02 Å². The van der Waals surface area contributed by atoms with E-state index in [0.717, 1.165) is 19.5 Å². The van der Waals surface area contributed by atoms with E-state index < -0.39 is 10.0 Å². The van der Waals surface area contributed by atoms with Gasteiger partial charge in [0, 0.05) is 37.8 Å². The minimum atomic E-state index is -3.82. The quantitative estimate of drug-likeness (QED) is 0.697. The van der Waals surface area contributed by atoms with Crippen molar-refractivity contribution in [2.24, 2.45) is 0 Å². The van der Waals surface area contributed by atoms with Crippen LogP contribution >= 0.6 is 11.6 Å². The third-order valence-corrected chi connectivity index (χ3v) is 8.60. The normalized spacial score (nSPS) is 28.9. The van der Waals surface area contributed by atoms with Gasteiger partial charge < -0.3 is 9.64 Å². The summed E-state index contributed by atoms with van der Waals surface area (Å²) >= 11 is 6.28. The maximum absolute atomic E-state index is 13.3. The number of hydrogen-bond acceptors (Lipinski definition) is 5. The fraction of sp³-hybridized carbons (Fsp3) is 0.667. The van der Waals surface area contributed by atoms with Gasteiger partial charge in [-0.3, -0.25) is 9.69 Å². The standard InChI is InChI=1S/C21H30ClN3O4S/c1-15-12-25(13-16(2)29-15)30(27,28)20-11-17(5-6-19(20)22)21(26)24-10-7-18(14-24)23-8-3-4-9-23/h5-6,11,15-16,18H,3-4,7-10,12-14H2,1-2H3. The van der Waals surface area contributed by atoms with Gasteiger partial charge in [0.2, 0.25) is 10.0 Å². The van der Waals surface area contributed by atoms with Gasteiger partial charge in [-0.15, -0.1) is 0 Å². The Kier molecular flexibility index (Phi) is 6.42. The number of carbonyl (C=O) groups is 1. The van der Waals surface area contributed by atoms with Gasteiger partial charge in [0.15, 0.2) is 0 Å². The number of carbonyl (C=O) groups excluding carboxylic acids is 1. The van der Waals surface area contributed by atoms with Gasteiger partial charge in [-0.25, -0.2) is 8.42 Å². The van der Waals surface area contributed by atoms with Gasteiger partial charge in [-0.2, -0.15) is 4.31 Å². The molecule has 7 nitrogen and oxygen atoms in total. The molecule has 3 unspecified atom stereocenters. The second kappa shape index (κ2) is 8.74. The minimum absolute atomic E-state index is 0.00777. The Morgan fingerprint density at radius 3 is 2.40 bits per heavy atom. The fourth-order valence-electron chi connectivity index (χ4n) is 4.81. The number of nitrogens with zero attached hydrogens (tertiary/aromatic N) is 3. The summed E-state index contributed by atoms with van der Waals surface area (Å²) in [4.78, 5) is 17.4. The summed E-state index contributed by atoms with van der Waals surface area (Å²) in [6, 6.07) is 4.98. The lowest BCUT2D eigenvalue weighted by molar-refractivity contribution is -0.0440. The molecule has 1 amide bonds. The third kappa shape index (κ3) is 4.39. The molecule has 3 heterocycles. The maximum Gasteiger partial charge on any atom is 0.253 e.